The Hall–Kier alpha value is -1.62. The highest BCUT2D eigenvalue weighted by molar-refractivity contribution is 5.93. The molecule has 2 heterocycles. The Morgan fingerprint density at radius 1 is 1.53 bits per heavy atom. The molecule has 2 rings (SSSR count). The van der Waals surface area contributed by atoms with Crippen LogP contribution in [0.4, 0.5) is 10.6 Å². The first-order valence-corrected chi connectivity index (χ1v) is 4.75. The topological polar surface area (TPSA) is 56.7 Å². The van der Waals surface area contributed by atoms with E-state index in [9.17, 15) is 9.90 Å². The van der Waals surface area contributed by atoms with Gasteiger partial charge in [0.05, 0.1) is 6.54 Å². The maximum absolute atomic E-state index is 11.7. The summed E-state index contributed by atoms with van der Waals surface area (Å²) in [5.41, 5.74) is 0.821. The van der Waals surface area contributed by atoms with E-state index in [2.05, 4.69) is 4.98 Å². The number of aliphatic hydroxyl groups is 1. The lowest BCUT2D eigenvalue weighted by molar-refractivity contribution is 0.183. The second kappa shape index (κ2) is 3.51. The van der Waals surface area contributed by atoms with Gasteiger partial charge in [-0.2, -0.15) is 0 Å². The average Bonchev–Trinajstić information content (AvgIpc) is 2.41. The van der Waals surface area contributed by atoms with Gasteiger partial charge in [-0.25, -0.2) is 14.7 Å². The highest BCUT2D eigenvalue weighted by Gasteiger charge is 2.35. The van der Waals surface area contributed by atoms with Crippen LogP contribution in [0.3, 0.4) is 0 Å². The minimum absolute atomic E-state index is 0.222. The molecule has 1 aromatic heterocycles. The number of pyridine rings is 1. The molecule has 5 heteroatoms. The van der Waals surface area contributed by atoms with Crippen molar-refractivity contribution in [2.24, 2.45) is 0 Å². The predicted molar refractivity (Wildman–Crippen MR) is 55.5 cm³/mol. The largest absolute Gasteiger partial charge is 0.371 e. The molecule has 5 nitrogen and oxygen atoms in total. The van der Waals surface area contributed by atoms with Crippen molar-refractivity contribution in [1.29, 1.82) is 0 Å². The highest BCUT2D eigenvalue weighted by Crippen LogP contribution is 2.20. The molecule has 1 fully saturated rings. The first-order valence-electron chi connectivity index (χ1n) is 4.75. The SMILES string of the molecule is Cc1cccc(N2C(=O)N(C)CC2O)n1. The minimum Gasteiger partial charge on any atom is -0.371 e. The van der Waals surface area contributed by atoms with Crippen LogP contribution in [-0.4, -0.2) is 40.8 Å². The lowest BCUT2D eigenvalue weighted by Crippen LogP contribution is -2.34. The molecule has 15 heavy (non-hydrogen) atoms. The van der Waals surface area contributed by atoms with Gasteiger partial charge in [-0.3, -0.25) is 0 Å². The Morgan fingerprint density at radius 3 is 2.80 bits per heavy atom. The summed E-state index contributed by atoms with van der Waals surface area (Å²) in [5, 5.41) is 9.70. The summed E-state index contributed by atoms with van der Waals surface area (Å²) in [6.45, 7) is 2.16. The quantitative estimate of drug-likeness (QED) is 0.732. The number of hydrogen-bond acceptors (Lipinski definition) is 3. The monoisotopic (exact) mass is 207 g/mol. The highest BCUT2D eigenvalue weighted by atomic mass is 16.3. The summed E-state index contributed by atoms with van der Waals surface area (Å²) in [5.74, 6) is 0.497. The Kier molecular flexibility index (Phi) is 2.32. The summed E-state index contributed by atoms with van der Waals surface area (Å²) in [6, 6.07) is 5.16. The van der Waals surface area contributed by atoms with Crippen LogP contribution in [0, 0.1) is 6.92 Å². The normalized spacial score (nSPS) is 21.3. The van der Waals surface area contributed by atoms with E-state index in [1.165, 1.54) is 9.80 Å². The van der Waals surface area contributed by atoms with Crippen LogP contribution in [0.2, 0.25) is 0 Å². The van der Waals surface area contributed by atoms with Gasteiger partial charge in [0.1, 0.15) is 5.82 Å². The maximum atomic E-state index is 11.7. The summed E-state index contributed by atoms with van der Waals surface area (Å²) >= 11 is 0. The zero-order chi connectivity index (χ0) is 11.0. The number of carbonyl (C=O) groups excluding carboxylic acids is 1. The number of β-amino-alcohol motifs (C(OH)–C–C–N with tert-alkyl or cyclic N) is 1. The van der Waals surface area contributed by atoms with Gasteiger partial charge in [-0.15, -0.1) is 0 Å². The number of carbonyl (C=O) groups is 1. The molecule has 1 saturated heterocycles. The van der Waals surface area contributed by atoms with E-state index in [-0.39, 0.29) is 6.03 Å². The first-order chi connectivity index (χ1) is 7.09. The van der Waals surface area contributed by atoms with Gasteiger partial charge in [-0.05, 0) is 19.1 Å². The zero-order valence-electron chi connectivity index (χ0n) is 8.71. The van der Waals surface area contributed by atoms with Crippen LogP contribution < -0.4 is 4.90 Å². The third-order valence-electron chi connectivity index (χ3n) is 2.39. The first kappa shape index (κ1) is 9.92. The average molecular weight is 207 g/mol. The standard InChI is InChI=1S/C10H13N3O2/c1-7-4-3-5-8(11-7)13-9(14)6-12(2)10(13)15/h3-5,9,14H,6H2,1-2H3. The molecule has 0 radical (unpaired) electrons. The lowest BCUT2D eigenvalue weighted by Gasteiger charge is -2.18. The molecule has 1 aliphatic rings. The van der Waals surface area contributed by atoms with E-state index < -0.39 is 6.23 Å². The molecule has 1 aliphatic heterocycles. The van der Waals surface area contributed by atoms with Crippen LogP contribution in [0.5, 0.6) is 0 Å². The van der Waals surface area contributed by atoms with Crippen molar-refractivity contribution in [1.82, 2.24) is 9.88 Å². The zero-order valence-corrected chi connectivity index (χ0v) is 8.71. The molecule has 0 spiro atoms. The van der Waals surface area contributed by atoms with Crippen molar-refractivity contribution >= 4 is 11.8 Å². The summed E-state index contributed by atoms with van der Waals surface area (Å²) in [6.07, 6.45) is -0.809. The van der Waals surface area contributed by atoms with Gasteiger partial charge in [0.15, 0.2) is 6.23 Å². The number of aliphatic hydroxyl groups excluding tert-OH is 1. The molecule has 80 valence electrons. The van der Waals surface area contributed by atoms with Crippen LogP contribution >= 0.6 is 0 Å². The van der Waals surface area contributed by atoms with Crippen LogP contribution in [0.1, 0.15) is 5.69 Å². The fraction of sp³-hybridized carbons (Fsp3) is 0.400. The van der Waals surface area contributed by atoms with Gasteiger partial charge in [0, 0.05) is 12.7 Å². The Balaban J connectivity index is 2.35. The molecule has 0 bridgehead atoms. The molecule has 0 aliphatic carbocycles. The van der Waals surface area contributed by atoms with Crippen molar-refractivity contribution in [3.05, 3.63) is 23.9 Å². The van der Waals surface area contributed by atoms with Crippen molar-refractivity contribution < 1.29 is 9.90 Å². The fourth-order valence-corrected chi connectivity index (χ4v) is 1.63. The lowest BCUT2D eigenvalue weighted by atomic mass is 10.3. The molecule has 1 aromatic rings. The third kappa shape index (κ3) is 1.66. The molecular formula is C10H13N3O2. The number of aromatic nitrogens is 1. The van der Waals surface area contributed by atoms with Gasteiger partial charge >= 0.3 is 6.03 Å². The van der Waals surface area contributed by atoms with Gasteiger partial charge in [-0.1, -0.05) is 6.07 Å². The number of urea groups is 1. The van der Waals surface area contributed by atoms with E-state index in [1.807, 2.05) is 19.1 Å². The summed E-state index contributed by atoms with van der Waals surface area (Å²) in [7, 11) is 1.65. The van der Waals surface area contributed by atoms with Gasteiger partial charge in [0.25, 0.3) is 0 Å². The van der Waals surface area contributed by atoms with Crippen molar-refractivity contribution in [3.8, 4) is 0 Å². The molecular weight excluding hydrogens is 194 g/mol. The smallest absolute Gasteiger partial charge is 0.327 e. The molecule has 2 amide bonds. The molecule has 1 unspecified atom stereocenters. The molecule has 1 N–H and O–H groups in total. The van der Waals surface area contributed by atoms with Crippen molar-refractivity contribution in [3.63, 3.8) is 0 Å². The van der Waals surface area contributed by atoms with Gasteiger partial charge in [0.2, 0.25) is 0 Å². The number of aryl methyl sites for hydroxylation is 1. The second-order valence-electron chi connectivity index (χ2n) is 3.65. The molecule has 0 saturated carbocycles. The number of anilines is 1. The number of hydrogen-bond donors (Lipinski definition) is 1. The van der Waals surface area contributed by atoms with Crippen LogP contribution in [0.25, 0.3) is 0 Å². The number of likely N-dealkylation sites (N-methyl/N-ethyl adjacent to an activating group) is 1. The number of nitrogens with zero attached hydrogens (tertiary/aromatic N) is 3. The minimum atomic E-state index is -0.809. The van der Waals surface area contributed by atoms with E-state index in [4.69, 9.17) is 0 Å². The van der Waals surface area contributed by atoms with E-state index in [0.29, 0.717) is 12.4 Å². The van der Waals surface area contributed by atoms with Crippen LogP contribution in [-0.2, 0) is 0 Å². The van der Waals surface area contributed by atoms with Gasteiger partial charge < -0.3 is 10.0 Å². The Bertz CT molecular complexity index is 394. The van der Waals surface area contributed by atoms with E-state index in [1.54, 1.807) is 13.1 Å². The van der Waals surface area contributed by atoms with E-state index in [0.717, 1.165) is 5.69 Å². The Morgan fingerprint density at radius 2 is 2.27 bits per heavy atom. The van der Waals surface area contributed by atoms with Crippen LogP contribution in [0.15, 0.2) is 18.2 Å². The third-order valence-corrected chi connectivity index (χ3v) is 2.39. The maximum Gasteiger partial charge on any atom is 0.327 e. The summed E-state index contributed by atoms with van der Waals surface area (Å²) < 4.78 is 0. The second-order valence-corrected chi connectivity index (χ2v) is 3.65. The van der Waals surface area contributed by atoms with E-state index >= 15 is 0 Å². The predicted octanol–water partition coefficient (Wildman–Crippen LogP) is 0.580. The summed E-state index contributed by atoms with van der Waals surface area (Å²) in [4.78, 5) is 18.7. The molecule has 1 atom stereocenters. The number of rotatable bonds is 1. The van der Waals surface area contributed by atoms with Crippen molar-refractivity contribution in [2.75, 3.05) is 18.5 Å². The molecule has 0 aromatic carbocycles. The number of amides is 2. The fourth-order valence-electron chi connectivity index (χ4n) is 1.63. The van der Waals surface area contributed by atoms with Crippen molar-refractivity contribution in [2.45, 2.75) is 13.2 Å². The Labute approximate surface area is 87.9 Å².